The first-order valence-corrected chi connectivity index (χ1v) is 12.5. The lowest BCUT2D eigenvalue weighted by Gasteiger charge is -2.19. The predicted molar refractivity (Wildman–Crippen MR) is 141 cm³/mol. The SMILES string of the molecule is Cc1cc(SCc2ccccc2)ccc1NC(=O)C(Cc1ccccc1)NC(=O)c1ccc(F)cn1. The molecule has 2 N–H and O–H groups in total. The van der Waals surface area contributed by atoms with Crippen molar-refractivity contribution >= 4 is 29.3 Å². The Kier molecular flexibility index (Phi) is 8.47. The van der Waals surface area contributed by atoms with E-state index in [1.807, 2.05) is 73.7 Å². The van der Waals surface area contributed by atoms with E-state index in [9.17, 15) is 14.0 Å². The van der Waals surface area contributed by atoms with Gasteiger partial charge in [-0.1, -0.05) is 60.7 Å². The normalized spacial score (nSPS) is 11.5. The van der Waals surface area contributed by atoms with E-state index in [1.54, 1.807) is 11.8 Å². The number of anilines is 1. The highest BCUT2D eigenvalue weighted by Crippen LogP contribution is 2.27. The molecule has 1 aromatic heterocycles. The number of nitrogens with zero attached hydrogens (tertiary/aromatic N) is 1. The second-order valence-electron chi connectivity index (χ2n) is 8.32. The minimum Gasteiger partial charge on any atom is -0.339 e. The summed E-state index contributed by atoms with van der Waals surface area (Å²) in [6.45, 7) is 1.94. The molecule has 0 aliphatic carbocycles. The van der Waals surface area contributed by atoms with E-state index in [4.69, 9.17) is 0 Å². The van der Waals surface area contributed by atoms with Crippen molar-refractivity contribution in [1.29, 1.82) is 0 Å². The summed E-state index contributed by atoms with van der Waals surface area (Å²) in [4.78, 5) is 30.9. The van der Waals surface area contributed by atoms with Crippen LogP contribution in [0.4, 0.5) is 10.1 Å². The van der Waals surface area contributed by atoms with Gasteiger partial charge in [-0.15, -0.1) is 11.8 Å². The van der Waals surface area contributed by atoms with Crippen LogP contribution >= 0.6 is 11.8 Å². The molecule has 1 heterocycles. The summed E-state index contributed by atoms with van der Waals surface area (Å²) >= 11 is 1.73. The molecule has 4 rings (SSSR count). The first kappa shape index (κ1) is 25.1. The number of hydrogen-bond donors (Lipinski definition) is 2. The van der Waals surface area contributed by atoms with Crippen LogP contribution in [0.25, 0.3) is 0 Å². The molecule has 5 nitrogen and oxygen atoms in total. The van der Waals surface area contributed by atoms with Gasteiger partial charge in [0.25, 0.3) is 5.91 Å². The van der Waals surface area contributed by atoms with Crippen molar-refractivity contribution < 1.29 is 14.0 Å². The first-order valence-electron chi connectivity index (χ1n) is 11.5. The summed E-state index contributed by atoms with van der Waals surface area (Å²) in [5, 5.41) is 5.70. The van der Waals surface area contributed by atoms with Crippen LogP contribution < -0.4 is 10.6 Å². The largest absolute Gasteiger partial charge is 0.339 e. The monoisotopic (exact) mass is 499 g/mol. The lowest BCUT2D eigenvalue weighted by molar-refractivity contribution is -0.118. The molecule has 0 fully saturated rings. The van der Waals surface area contributed by atoms with Gasteiger partial charge in [0.1, 0.15) is 17.6 Å². The summed E-state index contributed by atoms with van der Waals surface area (Å²) in [6.07, 6.45) is 1.27. The molecule has 0 spiro atoms. The number of aromatic nitrogens is 1. The Morgan fingerprint density at radius 2 is 1.61 bits per heavy atom. The topological polar surface area (TPSA) is 71.1 Å². The van der Waals surface area contributed by atoms with Crippen molar-refractivity contribution in [2.24, 2.45) is 0 Å². The molecule has 0 saturated heterocycles. The Labute approximate surface area is 214 Å². The van der Waals surface area contributed by atoms with E-state index >= 15 is 0 Å². The minimum atomic E-state index is -0.849. The van der Waals surface area contributed by atoms with Crippen molar-refractivity contribution in [3.05, 3.63) is 125 Å². The molecule has 0 aliphatic rings. The van der Waals surface area contributed by atoms with Crippen molar-refractivity contribution in [1.82, 2.24) is 10.3 Å². The molecule has 0 bridgehead atoms. The van der Waals surface area contributed by atoms with E-state index < -0.39 is 17.8 Å². The fourth-order valence-corrected chi connectivity index (χ4v) is 4.58. The van der Waals surface area contributed by atoms with Crippen molar-refractivity contribution in [2.45, 2.75) is 30.0 Å². The van der Waals surface area contributed by atoms with Crippen LogP contribution in [-0.2, 0) is 17.0 Å². The second kappa shape index (κ2) is 12.1. The summed E-state index contributed by atoms with van der Waals surface area (Å²) in [6, 6.07) is 27.2. The number of carbonyl (C=O) groups is 2. The Balaban J connectivity index is 1.46. The molecule has 36 heavy (non-hydrogen) atoms. The number of thioether (sulfide) groups is 1. The first-order chi connectivity index (χ1) is 17.5. The number of nitrogens with one attached hydrogen (secondary N) is 2. The van der Waals surface area contributed by atoms with Crippen LogP contribution in [0, 0.1) is 12.7 Å². The van der Waals surface area contributed by atoms with Gasteiger partial charge < -0.3 is 10.6 Å². The molecule has 0 saturated carbocycles. The lowest BCUT2D eigenvalue weighted by atomic mass is 10.0. The fraction of sp³-hybridized carbons (Fsp3) is 0.138. The number of halogens is 1. The van der Waals surface area contributed by atoms with Crippen LogP contribution in [0.1, 0.15) is 27.2 Å². The molecule has 1 atom stereocenters. The van der Waals surface area contributed by atoms with Crippen LogP contribution in [0.15, 0.2) is 102 Å². The summed E-state index contributed by atoms with van der Waals surface area (Å²) < 4.78 is 13.2. The third-order valence-corrected chi connectivity index (χ3v) is 6.63. The maximum Gasteiger partial charge on any atom is 0.270 e. The number of rotatable bonds is 9. The number of hydrogen-bond acceptors (Lipinski definition) is 4. The standard InChI is InChI=1S/C29H26FN3O2S/c1-20-16-24(36-19-22-10-6-3-7-11-22)13-15-25(20)32-29(35)27(17-21-8-4-2-5-9-21)33-28(34)26-14-12-23(30)18-31-26/h2-16,18,27H,17,19H2,1H3,(H,32,35)(H,33,34). The van der Waals surface area contributed by atoms with Gasteiger partial charge in [-0.2, -0.15) is 0 Å². The van der Waals surface area contributed by atoms with Crippen molar-refractivity contribution in [2.75, 3.05) is 5.32 Å². The fourth-order valence-electron chi connectivity index (χ4n) is 3.63. The zero-order chi connectivity index (χ0) is 25.3. The van der Waals surface area contributed by atoms with Crippen LogP contribution in [0.3, 0.4) is 0 Å². The summed E-state index contributed by atoms with van der Waals surface area (Å²) in [7, 11) is 0. The zero-order valence-electron chi connectivity index (χ0n) is 19.8. The zero-order valence-corrected chi connectivity index (χ0v) is 20.6. The smallest absolute Gasteiger partial charge is 0.270 e. The number of pyridine rings is 1. The third kappa shape index (κ3) is 7.02. The predicted octanol–water partition coefficient (Wildman–Crippen LogP) is 5.80. The highest BCUT2D eigenvalue weighted by molar-refractivity contribution is 7.98. The van der Waals surface area contributed by atoms with E-state index in [1.165, 1.54) is 11.6 Å². The van der Waals surface area contributed by atoms with Gasteiger partial charge >= 0.3 is 0 Å². The molecule has 1 unspecified atom stereocenters. The van der Waals surface area contributed by atoms with Crippen LogP contribution in [0.2, 0.25) is 0 Å². The molecule has 7 heteroatoms. The average Bonchev–Trinajstić information content (AvgIpc) is 2.90. The number of benzene rings is 3. The molecule has 0 radical (unpaired) electrons. The van der Waals surface area contributed by atoms with E-state index in [0.717, 1.165) is 34.0 Å². The van der Waals surface area contributed by atoms with Crippen molar-refractivity contribution in [3.63, 3.8) is 0 Å². The lowest BCUT2D eigenvalue weighted by Crippen LogP contribution is -2.45. The average molecular weight is 500 g/mol. The van der Waals surface area contributed by atoms with Gasteiger partial charge in [-0.3, -0.25) is 9.59 Å². The molecular weight excluding hydrogens is 473 g/mol. The van der Waals surface area contributed by atoms with Gasteiger partial charge in [0.2, 0.25) is 5.91 Å². The minimum absolute atomic E-state index is 0.0400. The highest BCUT2D eigenvalue weighted by Gasteiger charge is 2.23. The van der Waals surface area contributed by atoms with Crippen LogP contribution in [-0.4, -0.2) is 22.8 Å². The molecule has 182 valence electrons. The third-order valence-electron chi connectivity index (χ3n) is 5.57. The molecule has 3 aromatic carbocycles. The van der Waals surface area contributed by atoms with Gasteiger partial charge in [0.05, 0.1) is 6.20 Å². The van der Waals surface area contributed by atoms with Crippen LogP contribution in [0.5, 0.6) is 0 Å². The number of amides is 2. The van der Waals surface area contributed by atoms with Gasteiger partial charge in [-0.25, -0.2) is 9.37 Å². The molecule has 4 aromatic rings. The van der Waals surface area contributed by atoms with E-state index in [2.05, 4.69) is 27.8 Å². The van der Waals surface area contributed by atoms with Crippen molar-refractivity contribution in [3.8, 4) is 0 Å². The Bertz CT molecular complexity index is 1320. The van der Waals surface area contributed by atoms with E-state index in [0.29, 0.717) is 12.1 Å². The van der Waals surface area contributed by atoms with Gasteiger partial charge in [-0.05, 0) is 53.9 Å². The summed E-state index contributed by atoms with van der Waals surface area (Å²) in [5.41, 5.74) is 3.78. The van der Waals surface area contributed by atoms with E-state index in [-0.39, 0.29) is 11.6 Å². The van der Waals surface area contributed by atoms with Gasteiger partial charge in [0.15, 0.2) is 0 Å². The Morgan fingerprint density at radius 3 is 2.25 bits per heavy atom. The molecular formula is C29H26FN3O2S. The second-order valence-corrected chi connectivity index (χ2v) is 9.37. The molecule has 0 aliphatic heterocycles. The number of aryl methyl sites for hydroxylation is 1. The summed E-state index contributed by atoms with van der Waals surface area (Å²) in [5.74, 6) is -0.572. The Hall–Kier alpha value is -3.97. The number of carbonyl (C=O) groups excluding carboxylic acids is 2. The van der Waals surface area contributed by atoms with Gasteiger partial charge in [0, 0.05) is 22.8 Å². The molecule has 2 amide bonds. The Morgan fingerprint density at radius 1 is 0.917 bits per heavy atom. The maximum atomic E-state index is 13.3. The maximum absolute atomic E-state index is 13.3. The quantitative estimate of drug-likeness (QED) is 0.286. The highest BCUT2D eigenvalue weighted by atomic mass is 32.2.